The Balaban J connectivity index is 2.07. The Morgan fingerprint density at radius 3 is 2.00 bits per heavy atom. The van der Waals surface area contributed by atoms with Gasteiger partial charge >= 0.3 is 7.48 Å². The molecule has 0 spiro atoms. The molecule has 0 aliphatic carbocycles. The summed E-state index contributed by atoms with van der Waals surface area (Å²) >= 11 is 0. The predicted molar refractivity (Wildman–Crippen MR) is 104 cm³/mol. The molecule has 0 radical (unpaired) electrons. The van der Waals surface area contributed by atoms with Gasteiger partial charge in [0.2, 0.25) is 0 Å². The first-order valence-corrected chi connectivity index (χ1v) is 8.68. The van der Waals surface area contributed by atoms with Crippen molar-refractivity contribution < 1.29 is 9.76 Å². The minimum atomic E-state index is -0.916. The van der Waals surface area contributed by atoms with Crippen LogP contribution in [-0.2, 0) is 10.1 Å². The molecule has 0 unspecified atom stereocenters. The van der Waals surface area contributed by atoms with Crippen LogP contribution in [0.1, 0.15) is 54.2 Å². The van der Waals surface area contributed by atoms with Crippen LogP contribution in [0.2, 0.25) is 0 Å². The summed E-state index contributed by atoms with van der Waals surface area (Å²) < 4.78 is 5.88. The van der Waals surface area contributed by atoms with Crippen molar-refractivity contribution in [1.82, 2.24) is 9.97 Å². The quantitative estimate of drug-likeness (QED) is 0.850. The summed E-state index contributed by atoms with van der Waals surface area (Å²) in [6, 6.07) is 8.09. The zero-order valence-electron chi connectivity index (χ0n) is 16.4. The Bertz CT molecular complexity index is 696. The van der Waals surface area contributed by atoms with Crippen molar-refractivity contribution >= 4 is 12.9 Å². The SMILES string of the molecule is CC(C)(C)c1ccc(-c2ccc(BOC(C)(C)C(C)(C)O)cn2)cn1. The van der Waals surface area contributed by atoms with E-state index < -0.39 is 11.2 Å². The molecule has 2 rings (SSSR count). The molecular weight excluding hydrogens is 311 g/mol. The molecule has 0 bridgehead atoms. The highest BCUT2D eigenvalue weighted by atomic mass is 16.5. The number of aliphatic hydroxyl groups is 1. The van der Waals surface area contributed by atoms with E-state index in [1.807, 2.05) is 38.4 Å². The molecule has 0 aromatic carbocycles. The zero-order valence-corrected chi connectivity index (χ0v) is 16.4. The Labute approximate surface area is 152 Å². The molecule has 0 aliphatic rings. The minimum absolute atomic E-state index is 0.0421. The lowest BCUT2D eigenvalue weighted by Gasteiger charge is -2.37. The highest BCUT2D eigenvalue weighted by Crippen LogP contribution is 2.24. The number of nitrogens with zero attached hydrogens (tertiary/aromatic N) is 2. The van der Waals surface area contributed by atoms with Gasteiger partial charge in [-0.05, 0) is 51.4 Å². The fourth-order valence-electron chi connectivity index (χ4n) is 2.11. The summed E-state index contributed by atoms with van der Waals surface area (Å²) in [5.74, 6) is 0. The highest BCUT2D eigenvalue weighted by Gasteiger charge is 2.35. The average molecular weight is 340 g/mol. The standard InChI is InChI=1S/C20H29BN2O2/c1-18(2,3)17-11-8-14(12-23-17)16-10-9-15(13-22-16)21-25-20(6,7)19(4,5)24/h8-13,21,24H,1-7H3. The van der Waals surface area contributed by atoms with Gasteiger partial charge < -0.3 is 9.76 Å². The van der Waals surface area contributed by atoms with Gasteiger partial charge in [0.1, 0.15) is 0 Å². The lowest BCUT2D eigenvalue weighted by Crippen LogP contribution is -2.49. The first-order valence-electron chi connectivity index (χ1n) is 8.68. The van der Waals surface area contributed by atoms with Crippen LogP contribution >= 0.6 is 0 Å². The normalized spacial score (nSPS) is 13.0. The van der Waals surface area contributed by atoms with Gasteiger partial charge in [0, 0.05) is 29.1 Å². The second kappa shape index (κ2) is 6.89. The van der Waals surface area contributed by atoms with Crippen LogP contribution < -0.4 is 5.46 Å². The molecule has 4 nitrogen and oxygen atoms in total. The van der Waals surface area contributed by atoms with Crippen LogP contribution in [0.3, 0.4) is 0 Å². The molecule has 0 saturated heterocycles. The summed E-state index contributed by atoms with van der Waals surface area (Å²) in [6.45, 7) is 13.7. The number of aromatic nitrogens is 2. The summed E-state index contributed by atoms with van der Waals surface area (Å²) in [6.07, 6.45) is 3.68. The molecular formula is C20H29BN2O2. The second-order valence-corrected chi connectivity index (χ2v) is 8.59. The van der Waals surface area contributed by atoms with Crippen molar-refractivity contribution in [2.45, 2.75) is 65.1 Å². The zero-order chi connectivity index (χ0) is 18.9. The molecule has 0 amide bonds. The maximum Gasteiger partial charge on any atom is 0.311 e. The average Bonchev–Trinajstić information content (AvgIpc) is 2.52. The number of pyridine rings is 2. The summed E-state index contributed by atoms with van der Waals surface area (Å²) in [4.78, 5) is 9.07. The number of hydrogen-bond acceptors (Lipinski definition) is 4. The van der Waals surface area contributed by atoms with Crippen molar-refractivity contribution in [1.29, 1.82) is 0 Å². The van der Waals surface area contributed by atoms with Gasteiger partial charge in [-0.2, -0.15) is 0 Å². The molecule has 5 heteroatoms. The smallest absolute Gasteiger partial charge is 0.311 e. The summed E-state index contributed by atoms with van der Waals surface area (Å²) in [5, 5.41) is 10.1. The van der Waals surface area contributed by atoms with Gasteiger partial charge in [-0.15, -0.1) is 0 Å². The van der Waals surface area contributed by atoms with Crippen LogP contribution in [0.15, 0.2) is 36.7 Å². The number of rotatable bonds is 5. The summed E-state index contributed by atoms with van der Waals surface area (Å²) in [7, 11) is 0.408. The lowest BCUT2D eigenvalue weighted by molar-refractivity contribution is -0.0893. The number of hydrogen-bond donors (Lipinski definition) is 1. The van der Waals surface area contributed by atoms with Crippen LogP contribution in [0.4, 0.5) is 0 Å². The van der Waals surface area contributed by atoms with Crippen molar-refractivity contribution in [2.75, 3.05) is 0 Å². The molecule has 0 atom stereocenters. The largest absolute Gasteiger partial charge is 0.427 e. The van der Waals surface area contributed by atoms with Crippen molar-refractivity contribution in [3.8, 4) is 11.3 Å². The van der Waals surface area contributed by atoms with Gasteiger partial charge in [-0.3, -0.25) is 9.97 Å². The Morgan fingerprint density at radius 2 is 1.56 bits per heavy atom. The van der Waals surface area contributed by atoms with Gasteiger partial charge in [0.25, 0.3) is 0 Å². The third-order valence-corrected chi connectivity index (χ3v) is 4.73. The van der Waals surface area contributed by atoms with Crippen molar-refractivity contribution in [3.63, 3.8) is 0 Å². The third-order valence-electron chi connectivity index (χ3n) is 4.73. The van der Waals surface area contributed by atoms with Crippen LogP contribution in [-0.4, -0.2) is 33.8 Å². The van der Waals surface area contributed by atoms with Crippen LogP contribution in [0, 0.1) is 0 Å². The van der Waals surface area contributed by atoms with E-state index in [9.17, 15) is 5.11 Å². The third kappa shape index (κ3) is 4.89. The molecule has 134 valence electrons. The maximum absolute atomic E-state index is 10.1. The molecule has 0 saturated carbocycles. The fraction of sp³-hybridized carbons (Fsp3) is 0.500. The Kier molecular flexibility index (Phi) is 5.40. The fourth-order valence-corrected chi connectivity index (χ4v) is 2.11. The molecule has 0 fully saturated rings. The van der Waals surface area contributed by atoms with E-state index in [0.29, 0.717) is 7.48 Å². The van der Waals surface area contributed by atoms with E-state index in [0.717, 1.165) is 22.4 Å². The molecule has 1 N–H and O–H groups in total. The minimum Gasteiger partial charge on any atom is -0.427 e. The molecule has 0 aliphatic heterocycles. The monoisotopic (exact) mass is 340 g/mol. The molecule has 25 heavy (non-hydrogen) atoms. The lowest BCUT2D eigenvalue weighted by atomic mass is 9.83. The summed E-state index contributed by atoms with van der Waals surface area (Å²) in [5.41, 5.74) is 2.41. The van der Waals surface area contributed by atoms with E-state index in [4.69, 9.17) is 4.65 Å². The van der Waals surface area contributed by atoms with E-state index in [2.05, 4.69) is 42.9 Å². The van der Waals surface area contributed by atoms with Crippen molar-refractivity contribution in [2.24, 2.45) is 0 Å². The molecule has 2 aromatic heterocycles. The van der Waals surface area contributed by atoms with Crippen LogP contribution in [0.5, 0.6) is 0 Å². The van der Waals surface area contributed by atoms with Crippen LogP contribution in [0.25, 0.3) is 11.3 Å². The maximum atomic E-state index is 10.1. The Hall–Kier alpha value is -1.72. The highest BCUT2D eigenvalue weighted by molar-refractivity contribution is 6.46. The second-order valence-electron chi connectivity index (χ2n) is 8.59. The van der Waals surface area contributed by atoms with E-state index >= 15 is 0 Å². The molecule has 2 aromatic rings. The van der Waals surface area contributed by atoms with Gasteiger partial charge in [0.05, 0.1) is 16.9 Å². The predicted octanol–water partition coefficient (Wildman–Crippen LogP) is 2.98. The first-order chi connectivity index (χ1) is 11.4. The van der Waals surface area contributed by atoms with Gasteiger partial charge in [-0.1, -0.05) is 26.8 Å². The Morgan fingerprint density at radius 1 is 0.880 bits per heavy atom. The van der Waals surface area contributed by atoms with Gasteiger partial charge in [-0.25, -0.2) is 0 Å². The van der Waals surface area contributed by atoms with Gasteiger partial charge in [0.15, 0.2) is 0 Å². The topological polar surface area (TPSA) is 55.2 Å². The van der Waals surface area contributed by atoms with Crippen molar-refractivity contribution in [3.05, 3.63) is 42.4 Å². The van der Waals surface area contributed by atoms with E-state index in [1.54, 1.807) is 13.8 Å². The molecule has 2 heterocycles. The first kappa shape index (κ1) is 19.6. The van der Waals surface area contributed by atoms with E-state index in [1.165, 1.54) is 0 Å². The van der Waals surface area contributed by atoms with E-state index in [-0.39, 0.29) is 5.41 Å².